The van der Waals surface area contributed by atoms with Crippen molar-refractivity contribution in [3.63, 3.8) is 0 Å². The number of carbonyl (C=O) groups excluding carboxylic acids is 1. The molecule has 1 amide bonds. The van der Waals surface area contributed by atoms with Gasteiger partial charge in [-0.05, 0) is 75.7 Å². The van der Waals surface area contributed by atoms with Crippen LogP contribution < -0.4 is 5.32 Å². The van der Waals surface area contributed by atoms with Crippen molar-refractivity contribution < 1.29 is 4.79 Å². The van der Waals surface area contributed by atoms with E-state index in [0.29, 0.717) is 6.04 Å². The van der Waals surface area contributed by atoms with Gasteiger partial charge in [-0.25, -0.2) is 0 Å². The lowest BCUT2D eigenvalue weighted by atomic mass is 9.54. The lowest BCUT2D eigenvalue weighted by Crippen LogP contribution is -2.56. The fourth-order valence-corrected chi connectivity index (χ4v) is 5.21. The number of hydrogen-bond acceptors (Lipinski definition) is 2. The molecule has 5 rings (SSSR count). The standard InChI is InChI=1S/C17H25N3O/c1-10-3-4-20(19-10)11(2)17(21)18-16-14-6-12-5-13(8-14)9-15(16)7-12/h3-4,11-16H,5-9H2,1-2H3,(H,18,21). The van der Waals surface area contributed by atoms with Crippen molar-refractivity contribution in [1.82, 2.24) is 15.1 Å². The van der Waals surface area contributed by atoms with Crippen molar-refractivity contribution in [3.05, 3.63) is 18.0 Å². The summed E-state index contributed by atoms with van der Waals surface area (Å²) in [5.41, 5.74) is 0.962. The Morgan fingerprint density at radius 2 is 1.86 bits per heavy atom. The van der Waals surface area contributed by atoms with Crippen LogP contribution in [0.1, 0.15) is 50.8 Å². The molecule has 0 aliphatic heterocycles. The maximum atomic E-state index is 12.6. The van der Waals surface area contributed by atoms with E-state index in [2.05, 4.69) is 10.4 Å². The smallest absolute Gasteiger partial charge is 0.244 e. The normalized spacial score (nSPS) is 38.5. The maximum absolute atomic E-state index is 12.6. The monoisotopic (exact) mass is 287 g/mol. The Balaban J connectivity index is 1.45. The molecular weight excluding hydrogens is 262 g/mol. The first-order valence-corrected chi connectivity index (χ1v) is 8.42. The molecular formula is C17H25N3O. The van der Waals surface area contributed by atoms with E-state index in [0.717, 1.165) is 29.4 Å². The molecule has 0 radical (unpaired) electrons. The van der Waals surface area contributed by atoms with E-state index in [1.165, 1.54) is 32.1 Å². The van der Waals surface area contributed by atoms with E-state index in [-0.39, 0.29) is 11.9 Å². The van der Waals surface area contributed by atoms with Gasteiger partial charge in [-0.3, -0.25) is 9.48 Å². The minimum absolute atomic E-state index is 0.135. The van der Waals surface area contributed by atoms with Crippen LogP contribution in [0.2, 0.25) is 0 Å². The van der Waals surface area contributed by atoms with Gasteiger partial charge in [0.05, 0.1) is 5.69 Å². The van der Waals surface area contributed by atoms with Crippen LogP contribution in [-0.2, 0) is 4.79 Å². The minimum Gasteiger partial charge on any atom is -0.351 e. The highest BCUT2D eigenvalue weighted by Crippen LogP contribution is 2.53. The molecule has 4 saturated carbocycles. The number of nitrogens with one attached hydrogen (secondary N) is 1. The Labute approximate surface area is 126 Å². The lowest BCUT2D eigenvalue weighted by Gasteiger charge is -2.54. The number of aromatic nitrogens is 2. The first kappa shape index (κ1) is 13.4. The van der Waals surface area contributed by atoms with Crippen LogP contribution in [0.5, 0.6) is 0 Å². The van der Waals surface area contributed by atoms with Crippen molar-refractivity contribution in [2.75, 3.05) is 0 Å². The highest BCUT2D eigenvalue weighted by molar-refractivity contribution is 5.80. The fraction of sp³-hybridized carbons (Fsp3) is 0.765. The second-order valence-corrected chi connectivity index (χ2v) is 7.58. The molecule has 114 valence electrons. The van der Waals surface area contributed by atoms with Crippen LogP contribution in [-0.4, -0.2) is 21.7 Å². The van der Waals surface area contributed by atoms with Crippen molar-refractivity contribution in [1.29, 1.82) is 0 Å². The molecule has 1 aromatic rings. The summed E-state index contributed by atoms with van der Waals surface area (Å²) in [5, 5.41) is 7.74. The van der Waals surface area contributed by atoms with Gasteiger partial charge in [-0.2, -0.15) is 5.10 Å². The third kappa shape index (κ3) is 2.29. The molecule has 21 heavy (non-hydrogen) atoms. The number of nitrogens with zero attached hydrogens (tertiary/aromatic N) is 2. The summed E-state index contributed by atoms with van der Waals surface area (Å²) in [6, 6.07) is 2.16. The average molecular weight is 287 g/mol. The third-order valence-corrected chi connectivity index (χ3v) is 6.05. The highest BCUT2D eigenvalue weighted by atomic mass is 16.2. The average Bonchev–Trinajstić information content (AvgIpc) is 2.87. The van der Waals surface area contributed by atoms with Crippen LogP contribution in [0.15, 0.2) is 12.3 Å². The van der Waals surface area contributed by atoms with Crippen molar-refractivity contribution in [3.8, 4) is 0 Å². The van der Waals surface area contributed by atoms with Crippen LogP contribution in [0, 0.1) is 30.6 Å². The molecule has 0 spiro atoms. The molecule has 4 bridgehead atoms. The molecule has 4 fully saturated rings. The van der Waals surface area contributed by atoms with Gasteiger partial charge in [0, 0.05) is 12.2 Å². The zero-order valence-corrected chi connectivity index (χ0v) is 13.0. The molecule has 1 aromatic heterocycles. The SMILES string of the molecule is Cc1ccn(C(C)C(=O)NC2C3CC4CC(C3)CC2C4)n1. The zero-order chi connectivity index (χ0) is 14.6. The van der Waals surface area contributed by atoms with Crippen LogP contribution in [0.3, 0.4) is 0 Å². The van der Waals surface area contributed by atoms with Gasteiger partial charge in [0.25, 0.3) is 0 Å². The first-order chi connectivity index (χ1) is 10.1. The molecule has 4 aliphatic carbocycles. The van der Waals surface area contributed by atoms with E-state index in [4.69, 9.17) is 0 Å². The summed E-state index contributed by atoms with van der Waals surface area (Å²) in [6.45, 7) is 3.90. The van der Waals surface area contributed by atoms with Crippen molar-refractivity contribution in [2.45, 2.75) is 58.0 Å². The van der Waals surface area contributed by atoms with Gasteiger partial charge in [0.1, 0.15) is 6.04 Å². The second-order valence-electron chi connectivity index (χ2n) is 7.58. The van der Waals surface area contributed by atoms with E-state index >= 15 is 0 Å². The maximum Gasteiger partial charge on any atom is 0.244 e. The summed E-state index contributed by atoms with van der Waals surface area (Å²) in [5.74, 6) is 3.50. The number of carbonyl (C=O) groups is 1. The van der Waals surface area contributed by atoms with Crippen LogP contribution in [0.25, 0.3) is 0 Å². The number of hydrogen-bond donors (Lipinski definition) is 1. The Morgan fingerprint density at radius 1 is 1.24 bits per heavy atom. The van der Waals surface area contributed by atoms with E-state index in [1.54, 1.807) is 4.68 Å². The summed E-state index contributed by atoms with van der Waals surface area (Å²) in [4.78, 5) is 12.6. The van der Waals surface area contributed by atoms with Gasteiger partial charge in [-0.1, -0.05) is 0 Å². The lowest BCUT2D eigenvalue weighted by molar-refractivity contribution is -0.128. The van der Waals surface area contributed by atoms with Crippen LogP contribution >= 0.6 is 0 Å². The molecule has 4 nitrogen and oxygen atoms in total. The topological polar surface area (TPSA) is 46.9 Å². The largest absolute Gasteiger partial charge is 0.351 e. The Morgan fingerprint density at radius 3 is 2.38 bits per heavy atom. The highest BCUT2D eigenvalue weighted by Gasteiger charge is 2.48. The molecule has 1 N–H and O–H groups in total. The Bertz CT molecular complexity index is 522. The van der Waals surface area contributed by atoms with E-state index in [9.17, 15) is 4.79 Å². The summed E-state index contributed by atoms with van der Waals surface area (Å²) in [6.07, 6.45) is 8.72. The predicted molar refractivity (Wildman–Crippen MR) is 80.7 cm³/mol. The quantitative estimate of drug-likeness (QED) is 0.929. The number of rotatable bonds is 3. The fourth-order valence-electron chi connectivity index (χ4n) is 5.21. The molecule has 1 atom stereocenters. The Kier molecular flexibility index (Phi) is 3.09. The number of aryl methyl sites for hydroxylation is 1. The molecule has 4 heteroatoms. The summed E-state index contributed by atoms with van der Waals surface area (Å²) >= 11 is 0. The third-order valence-electron chi connectivity index (χ3n) is 6.05. The van der Waals surface area contributed by atoms with Gasteiger partial charge in [0.2, 0.25) is 5.91 Å². The molecule has 0 saturated heterocycles. The van der Waals surface area contributed by atoms with Crippen LogP contribution in [0.4, 0.5) is 0 Å². The Hall–Kier alpha value is -1.32. The molecule has 4 aliphatic rings. The molecule has 1 heterocycles. The molecule has 0 aromatic carbocycles. The summed E-state index contributed by atoms with van der Waals surface area (Å²) in [7, 11) is 0. The van der Waals surface area contributed by atoms with Gasteiger partial charge in [-0.15, -0.1) is 0 Å². The predicted octanol–water partition coefficient (Wildman–Crippen LogP) is 2.69. The van der Waals surface area contributed by atoms with Gasteiger partial charge < -0.3 is 5.32 Å². The van der Waals surface area contributed by atoms with Crippen molar-refractivity contribution >= 4 is 5.91 Å². The zero-order valence-electron chi connectivity index (χ0n) is 13.0. The number of amides is 1. The van der Waals surface area contributed by atoms with Gasteiger partial charge in [0.15, 0.2) is 0 Å². The first-order valence-electron chi connectivity index (χ1n) is 8.42. The van der Waals surface area contributed by atoms with Crippen molar-refractivity contribution in [2.24, 2.45) is 23.7 Å². The van der Waals surface area contributed by atoms with E-state index < -0.39 is 0 Å². The second kappa shape index (κ2) is 4.85. The summed E-state index contributed by atoms with van der Waals surface area (Å²) < 4.78 is 1.78. The molecule has 1 unspecified atom stereocenters. The van der Waals surface area contributed by atoms with E-state index in [1.807, 2.05) is 26.1 Å². The minimum atomic E-state index is -0.212. The van der Waals surface area contributed by atoms with Gasteiger partial charge >= 0.3 is 0 Å².